The molecule has 4 N–H and O–H groups in total. The second-order valence-corrected chi connectivity index (χ2v) is 5.90. The van der Waals surface area contributed by atoms with Crippen LogP contribution in [0, 0.1) is 0 Å². The zero-order valence-electron chi connectivity index (χ0n) is 13.6. The van der Waals surface area contributed by atoms with Gasteiger partial charge in [-0.15, -0.1) is 5.10 Å². The van der Waals surface area contributed by atoms with Crippen molar-refractivity contribution in [1.29, 1.82) is 0 Å². The van der Waals surface area contributed by atoms with Gasteiger partial charge in [0, 0.05) is 12.5 Å². The summed E-state index contributed by atoms with van der Waals surface area (Å²) < 4.78 is 7.01. The Morgan fingerprint density at radius 2 is 2.00 bits per heavy atom. The lowest BCUT2D eigenvalue weighted by Crippen LogP contribution is -2.62. The highest BCUT2D eigenvalue weighted by molar-refractivity contribution is 5.73. The molecular formula is C16H20N4O5. The average molecular weight is 348 g/mol. The molecule has 1 saturated heterocycles. The van der Waals surface area contributed by atoms with Crippen LogP contribution in [0.25, 0.3) is 11.3 Å². The van der Waals surface area contributed by atoms with E-state index in [2.05, 4.69) is 15.6 Å². The number of rotatable bonds is 4. The average Bonchev–Trinajstić information content (AvgIpc) is 3.10. The highest BCUT2D eigenvalue weighted by Crippen LogP contribution is 2.29. The number of ether oxygens (including phenoxy) is 1. The fourth-order valence-electron chi connectivity index (χ4n) is 2.86. The molecule has 0 spiro atoms. The summed E-state index contributed by atoms with van der Waals surface area (Å²) in [5, 5.41) is 40.4. The van der Waals surface area contributed by atoms with Gasteiger partial charge in [0.1, 0.15) is 30.0 Å². The van der Waals surface area contributed by atoms with Gasteiger partial charge in [0.15, 0.2) is 6.23 Å². The molecule has 0 saturated carbocycles. The number of hydrogen-bond donors (Lipinski definition) is 4. The molecule has 1 aliphatic rings. The van der Waals surface area contributed by atoms with Gasteiger partial charge in [-0.1, -0.05) is 35.5 Å². The number of aliphatic hydroxyl groups excluding tert-OH is 3. The normalized spacial score (nSPS) is 29.4. The third kappa shape index (κ3) is 3.54. The molecule has 2 heterocycles. The Kier molecular flexibility index (Phi) is 5.09. The van der Waals surface area contributed by atoms with Crippen molar-refractivity contribution in [3.63, 3.8) is 0 Å². The quantitative estimate of drug-likeness (QED) is 0.561. The van der Waals surface area contributed by atoms with Crippen molar-refractivity contribution in [2.75, 3.05) is 6.61 Å². The van der Waals surface area contributed by atoms with Gasteiger partial charge in [-0.25, -0.2) is 4.68 Å². The molecule has 0 bridgehead atoms. The smallest absolute Gasteiger partial charge is 0.217 e. The predicted octanol–water partition coefficient (Wildman–Crippen LogP) is -0.939. The van der Waals surface area contributed by atoms with Crippen LogP contribution in [0.4, 0.5) is 0 Å². The van der Waals surface area contributed by atoms with E-state index in [0.717, 1.165) is 5.56 Å². The van der Waals surface area contributed by atoms with Crippen molar-refractivity contribution in [3.8, 4) is 11.3 Å². The first-order valence-electron chi connectivity index (χ1n) is 7.88. The maximum atomic E-state index is 11.5. The molecule has 1 fully saturated rings. The first kappa shape index (κ1) is 17.5. The summed E-state index contributed by atoms with van der Waals surface area (Å²) in [6.45, 7) is 0.812. The van der Waals surface area contributed by atoms with Gasteiger partial charge in [0.05, 0.1) is 12.8 Å². The summed E-state index contributed by atoms with van der Waals surface area (Å²) in [5.41, 5.74) is 1.44. The number of nitrogens with zero attached hydrogens (tertiary/aromatic N) is 3. The van der Waals surface area contributed by atoms with E-state index in [1.807, 2.05) is 30.3 Å². The summed E-state index contributed by atoms with van der Waals surface area (Å²) in [5.74, 6) is -0.393. The number of carbonyl (C=O) groups is 1. The molecule has 134 valence electrons. The van der Waals surface area contributed by atoms with Crippen LogP contribution >= 0.6 is 0 Å². The van der Waals surface area contributed by atoms with E-state index >= 15 is 0 Å². The van der Waals surface area contributed by atoms with Crippen LogP contribution in [-0.2, 0) is 9.53 Å². The Bertz CT molecular complexity index is 722. The molecule has 1 aromatic heterocycles. The van der Waals surface area contributed by atoms with Gasteiger partial charge in [0.25, 0.3) is 0 Å². The van der Waals surface area contributed by atoms with Gasteiger partial charge in [-0.2, -0.15) is 0 Å². The predicted molar refractivity (Wildman–Crippen MR) is 86.1 cm³/mol. The number of nitrogens with one attached hydrogen (secondary N) is 1. The highest BCUT2D eigenvalue weighted by atomic mass is 16.5. The van der Waals surface area contributed by atoms with Crippen molar-refractivity contribution in [3.05, 3.63) is 36.5 Å². The van der Waals surface area contributed by atoms with E-state index in [1.165, 1.54) is 11.6 Å². The van der Waals surface area contributed by atoms with Gasteiger partial charge in [-0.3, -0.25) is 4.79 Å². The zero-order chi connectivity index (χ0) is 18.0. The number of amides is 1. The van der Waals surface area contributed by atoms with E-state index < -0.39 is 43.1 Å². The minimum Gasteiger partial charge on any atom is -0.394 e. The lowest BCUT2D eigenvalue weighted by atomic mass is 9.96. The lowest BCUT2D eigenvalue weighted by molar-refractivity contribution is -0.219. The third-order valence-electron chi connectivity index (χ3n) is 4.11. The number of benzene rings is 1. The number of hydrogen-bond acceptors (Lipinski definition) is 7. The first-order valence-corrected chi connectivity index (χ1v) is 7.88. The Morgan fingerprint density at radius 1 is 1.28 bits per heavy atom. The molecule has 3 rings (SSSR count). The fraction of sp³-hybridized carbons (Fsp3) is 0.438. The lowest BCUT2D eigenvalue weighted by Gasteiger charge is -2.42. The second kappa shape index (κ2) is 7.28. The summed E-state index contributed by atoms with van der Waals surface area (Å²) in [6.07, 6.45) is -2.98. The Hall–Kier alpha value is -2.33. The molecule has 9 heteroatoms. The van der Waals surface area contributed by atoms with Crippen LogP contribution in [0.3, 0.4) is 0 Å². The highest BCUT2D eigenvalue weighted by Gasteiger charge is 2.46. The molecular weight excluding hydrogens is 328 g/mol. The van der Waals surface area contributed by atoms with E-state index in [1.54, 1.807) is 6.20 Å². The summed E-state index contributed by atoms with van der Waals surface area (Å²) in [4.78, 5) is 11.5. The van der Waals surface area contributed by atoms with Gasteiger partial charge >= 0.3 is 0 Å². The molecule has 1 amide bonds. The Morgan fingerprint density at radius 3 is 2.64 bits per heavy atom. The van der Waals surface area contributed by atoms with Crippen LogP contribution in [-0.4, -0.2) is 67.2 Å². The van der Waals surface area contributed by atoms with E-state index in [4.69, 9.17) is 4.74 Å². The van der Waals surface area contributed by atoms with Crippen LogP contribution in [0.1, 0.15) is 13.2 Å². The van der Waals surface area contributed by atoms with E-state index in [-0.39, 0.29) is 0 Å². The number of aromatic nitrogens is 3. The third-order valence-corrected chi connectivity index (χ3v) is 4.11. The van der Waals surface area contributed by atoms with Crippen molar-refractivity contribution < 1.29 is 24.9 Å². The minimum atomic E-state index is -1.34. The van der Waals surface area contributed by atoms with Gasteiger partial charge < -0.3 is 25.4 Å². The topological polar surface area (TPSA) is 130 Å². The minimum absolute atomic E-state index is 0.393. The Balaban J connectivity index is 1.91. The van der Waals surface area contributed by atoms with E-state index in [0.29, 0.717) is 5.69 Å². The van der Waals surface area contributed by atoms with Crippen LogP contribution in [0.5, 0.6) is 0 Å². The van der Waals surface area contributed by atoms with Crippen molar-refractivity contribution >= 4 is 5.91 Å². The molecule has 5 atom stereocenters. The maximum absolute atomic E-state index is 11.5. The van der Waals surface area contributed by atoms with Crippen LogP contribution in [0.2, 0.25) is 0 Å². The largest absolute Gasteiger partial charge is 0.394 e. The summed E-state index contributed by atoms with van der Waals surface area (Å²) in [7, 11) is 0. The first-order chi connectivity index (χ1) is 12.0. The standard InChI is InChI=1S/C16H20N4O5/c1-9(22)17-13-15(24)14(23)12(8-21)25-16(13)20-7-11(18-19-20)10-5-3-2-4-6-10/h2-7,12-16,21,23-24H,8H2,1H3,(H,17,22)/t12-,13-,14-,15-,16?/m1/s1. The van der Waals surface area contributed by atoms with Crippen molar-refractivity contribution in [2.45, 2.75) is 37.5 Å². The molecule has 2 aromatic rings. The molecule has 1 aromatic carbocycles. The van der Waals surface area contributed by atoms with Crippen molar-refractivity contribution in [1.82, 2.24) is 20.3 Å². The Labute approximate surface area is 143 Å². The van der Waals surface area contributed by atoms with Gasteiger partial charge in [0.2, 0.25) is 5.91 Å². The molecule has 0 aliphatic carbocycles. The summed E-state index contributed by atoms with van der Waals surface area (Å²) >= 11 is 0. The SMILES string of the molecule is CC(=O)N[C@H]1C(n2cc(-c3ccccc3)nn2)O[C@H](CO)[C@@H](O)[C@@H]1O. The zero-order valence-corrected chi connectivity index (χ0v) is 13.6. The van der Waals surface area contributed by atoms with Crippen molar-refractivity contribution in [2.24, 2.45) is 0 Å². The molecule has 0 radical (unpaired) electrons. The van der Waals surface area contributed by atoms with Crippen LogP contribution in [0.15, 0.2) is 36.5 Å². The maximum Gasteiger partial charge on any atom is 0.217 e. The number of aliphatic hydroxyl groups is 3. The fourth-order valence-corrected chi connectivity index (χ4v) is 2.86. The number of carbonyl (C=O) groups excluding carboxylic acids is 1. The summed E-state index contributed by atoms with van der Waals surface area (Å²) in [6, 6.07) is 8.42. The molecule has 1 aliphatic heterocycles. The second-order valence-electron chi connectivity index (χ2n) is 5.90. The molecule has 9 nitrogen and oxygen atoms in total. The van der Waals surface area contributed by atoms with Crippen LogP contribution < -0.4 is 5.32 Å². The van der Waals surface area contributed by atoms with Gasteiger partial charge in [-0.05, 0) is 0 Å². The molecule has 25 heavy (non-hydrogen) atoms. The monoisotopic (exact) mass is 348 g/mol. The molecule has 1 unspecified atom stereocenters. The van der Waals surface area contributed by atoms with E-state index in [9.17, 15) is 20.1 Å².